The van der Waals surface area contributed by atoms with Crippen molar-refractivity contribution < 1.29 is 57.1 Å². The van der Waals surface area contributed by atoms with Crippen LogP contribution in [0, 0.1) is 95.1 Å². The van der Waals surface area contributed by atoms with Crippen LogP contribution in [0.2, 0.25) is 0 Å². The molecule has 0 aromatic carbocycles. The van der Waals surface area contributed by atoms with Gasteiger partial charge in [0.15, 0.2) is 26.7 Å². The Hall–Kier alpha value is -2.28. The third-order valence-corrected chi connectivity index (χ3v) is 25.1. The highest BCUT2D eigenvalue weighted by Gasteiger charge is 2.63. The molecule has 0 aromatic heterocycles. The Kier molecular flexibility index (Phi) is 22.8. The SMILES string of the molecule is C.CCC(C)(C)C(=O)OC(C)OC1C2(C)CCC(C2)C1(C)C.CCC(C)(C)C(=O)OCOC1C2(C)CCC(C2)C1(C)C.CCC(C)(C)C(=O)OCOC1CC2CCC1(C)C2(C)C.CCC(C)(C)C(=O)OCOCC12CC3CC(CC(C3)C1)C2. The fourth-order valence-corrected chi connectivity index (χ4v) is 17.5. The molecule has 0 saturated heterocycles. The fraction of sp³-hybridized carbons (Fsp3) is 0.944. The summed E-state index contributed by atoms with van der Waals surface area (Å²) in [5, 5.41) is 0. The van der Waals surface area contributed by atoms with E-state index in [1.165, 1.54) is 89.9 Å². The van der Waals surface area contributed by atoms with E-state index in [1.54, 1.807) is 0 Å². The first-order chi connectivity index (χ1) is 37.7. The Labute approximate surface area is 507 Å². The largest absolute Gasteiger partial charge is 0.438 e. The first-order valence-corrected chi connectivity index (χ1v) is 32.9. The first kappa shape index (κ1) is 71.5. The standard InChI is InChI=1S/C18H30O3.C18H32O3.2C17H30O3.CH4/c1-4-17(2,3)16(19)21-12-20-11-18-8-13-5-14(9-18)7-15(6-13)10-18;1-8-16(3,4)15(19)21-12(2)20-14-17(5,6)13-9-10-18(14,7)11-13;1-7-15(2,3)14(18)20-11-19-13-16(4,5)12-8-9-17(13,6)10-12;1-7-15(2,3)14(18)20-11-19-13-10-12-8-9-17(13,6)16(12,4)5;/h13-15H,4-12H2,1-3H3;12-14H,8-11H2,1-7H3;2*12-13H,7-11H2,1-6H3;1H4. The summed E-state index contributed by atoms with van der Waals surface area (Å²) in [7, 11) is 0. The summed E-state index contributed by atoms with van der Waals surface area (Å²) in [6, 6.07) is 0. The molecule has 10 bridgehead atoms. The number of ether oxygens (including phenoxy) is 8. The zero-order valence-electron chi connectivity index (χ0n) is 56.4. The van der Waals surface area contributed by atoms with Crippen LogP contribution < -0.4 is 0 Å². The predicted octanol–water partition coefficient (Wildman–Crippen LogP) is 17.6. The zero-order valence-corrected chi connectivity index (χ0v) is 56.4. The highest BCUT2D eigenvalue weighted by molar-refractivity contribution is 5.77. The van der Waals surface area contributed by atoms with Crippen LogP contribution in [-0.4, -0.2) is 75.5 Å². The number of hydrogen-bond acceptors (Lipinski definition) is 12. The van der Waals surface area contributed by atoms with Crippen LogP contribution in [0.3, 0.4) is 0 Å². The Morgan fingerprint density at radius 1 is 0.482 bits per heavy atom. The third-order valence-electron chi connectivity index (χ3n) is 25.1. The van der Waals surface area contributed by atoms with Crippen LogP contribution in [0.15, 0.2) is 0 Å². The van der Waals surface area contributed by atoms with Crippen LogP contribution in [0.5, 0.6) is 0 Å². The van der Waals surface area contributed by atoms with Gasteiger partial charge in [-0.1, -0.05) is 97.4 Å². The molecule has 83 heavy (non-hydrogen) atoms. The lowest BCUT2D eigenvalue weighted by molar-refractivity contribution is -0.219. The fourth-order valence-electron chi connectivity index (χ4n) is 17.5. The van der Waals surface area contributed by atoms with Crippen LogP contribution in [0.25, 0.3) is 0 Å². The summed E-state index contributed by atoms with van der Waals surface area (Å²) >= 11 is 0. The maximum absolute atomic E-state index is 12.2. The molecule has 10 aliphatic carbocycles. The Bertz CT molecular complexity index is 2140. The van der Waals surface area contributed by atoms with E-state index in [1.807, 2.05) is 90.0 Å². The average Bonchev–Trinajstić information content (AvgIpc) is 2.89. The van der Waals surface area contributed by atoms with Crippen molar-refractivity contribution in [2.75, 3.05) is 27.0 Å². The van der Waals surface area contributed by atoms with Crippen molar-refractivity contribution in [1.29, 1.82) is 0 Å². The molecule has 10 fully saturated rings. The van der Waals surface area contributed by atoms with Gasteiger partial charge in [-0.15, -0.1) is 0 Å². The van der Waals surface area contributed by atoms with Crippen molar-refractivity contribution in [1.82, 2.24) is 0 Å². The minimum Gasteiger partial charge on any atom is -0.438 e. The number of carbonyl (C=O) groups excluding carboxylic acids is 4. The van der Waals surface area contributed by atoms with Crippen molar-refractivity contribution >= 4 is 23.9 Å². The molecule has 10 atom stereocenters. The molecule has 10 unspecified atom stereocenters. The minimum absolute atomic E-state index is 0. The van der Waals surface area contributed by atoms with Crippen molar-refractivity contribution in [3.05, 3.63) is 0 Å². The van der Waals surface area contributed by atoms with Crippen LogP contribution in [0.4, 0.5) is 0 Å². The van der Waals surface area contributed by atoms with Gasteiger partial charge in [-0.2, -0.15) is 0 Å². The molecule has 12 heteroatoms. The van der Waals surface area contributed by atoms with E-state index in [0.717, 1.165) is 74.2 Å². The number of esters is 4. The minimum atomic E-state index is -0.469. The van der Waals surface area contributed by atoms with Crippen molar-refractivity contribution in [2.24, 2.45) is 95.1 Å². The maximum atomic E-state index is 12.2. The van der Waals surface area contributed by atoms with Gasteiger partial charge in [0.25, 0.3) is 0 Å². The van der Waals surface area contributed by atoms with Crippen LogP contribution >= 0.6 is 0 Å². The van der Waals surface area contributed by atoms with Gasteiger partial charge in [-0.25, -0.2) is 0 Å². The molecule has 10 rings (SSSR count). The molecule has 482 valence electrons. The summed E-state index contributed by atoms with van der Waals surface area (Å²) in [5.74, 6) is 4.45. The van der Waals surface area contributed by atoms with Gasteiger partial charge in [0.1, 0.15) is 0 Å². The van der Waals surface area contributed by atoms with E-state index in [2.05, 4.69) is 62.3 Å². The summed E-state index contributed by atoms with van der Waals surface area (Å²) in [6.45, 7) is 47.3. The van der Waals surface area contributed by atoms with Gasteiger partial charge in [0.2, 0.25) is 0 Å². The van der Waals surface area contributed by atoms with Gasteiger partial charge in [-0.3, -0.25) is 19.2 Å². The molecule has 0 N–H and O–H groups in total. The molecule has 12 nitrogen and oxygen atoms in total. The molecule has 0 spiro atoms. The van der Waals surface area contributed by atoms with Crippen LogP contribution in [0.1, 0.15) is 282 Å². The topological polar surface area (TPSA) is 142 Å². The zero-order chi connectivity index (χ0) is 61.5. The molecule has 0 amide bonds. The van der Waals surface area contributed by atoms with E-state index in [4.69, 9.17) is 37.9 Å². The van der Waals surface area contributed by atoms with Crippen molar-refractivity contribution in [2.45, 2.75) is 306 Å². The van der Waals surface area contributed by atoms with Gasteiger partial charge in [0.05, 0.1) is 46.6 Å². The molecule has 10 saturated carbocycles. The second kappa shape index (κ2) is 26.4. The molecule has 0 radical (unpaired) electrons. The first-order valence-electron chi connectivity index (χ1n) is 32.9. The smallest absolute Gasteiger partial charge is 0.313 e. The third kappa shape index (κ3) is 15.2. The number of fused-ring (bicyclic) bond motifs is 6. The van der Waals surface area contributed by atoms with Gasteiger partial charge < -0.3 is 37.9 Å². The molecule has 0 aromatic rings. The lowest BCUT2D eigenvalue weighted by Crippen LogP contribution is -2.48. The van der Waals surface area contributed by atoms with E-state index in [9.17, 15) is 19.2 Å². The summed E-state index contributed by atoms with van der Waals surface area (Å²) in [6.07, 6.45) is 22.9. The summed E-state index contributed by atoms with van der Waals surface area (Å²) < 4.78 is 45.5. The monoisotopic (exact) mass is 1170 g/mol. The van der Waals surface area contributed by atoms with Crippen molar-refractivity contribution in [3.8, 4) is 0 Å². The van der Waals surface area contributed by atoms with Crippen molar-refractivity contribution in [3.63, 3.8) is 0 Å². The Morgan fingerprint density at radius 3 is 1.24 bits per heavy atom. The maximum Gasteiger partial charge on any atom is 0.313 e. The molecule has 0 aliphatic heterocycles. The molecular formula is C71H126O12. The molecule has 10 aliphatic rings. The highest BCUT2D eigenvalue weighted by Crippen LogP contribution is 2.67. The summed E-state index contributed by atoms with van der Waals surface area (Å²) in [4.78, 5) is 48.0. The second-order valence-corrected chi connectivity index (χ2v) is 33.5. The lowest BCUT2D eigenvalue weighted by atomic mass is 9.50. The molecule has 0 heterocycles. The van der Waals surface area contributed by atoms with E-state index >= 15 is 0 Å². The van der Waals surface area contributed by atoms with Gasteiger partial charge in [0, 0.05) is 0 Å². The number of carbonyl (C=O) groups is 4. The quantitative estimate of drug-likeness (QED) is 0.0467. The number of rotatable bonds is 21. The summed E-state index contributed by atoms with van der Waals surface area (Å²) in [5.41, 5.74) is 0.175. The Balaban J connectivity index is 0.000000202. The lowest BCUT2D eigenvalue weighted by Gasteiger charge is -2.56. The van der Waals surface area contributed by atoms with Gasteiger partial charge in [-0.05, 0) is 258 Å². The van der Waals surface area contributed by atoms with E-state index < -0.39 is 27.9 Å². The highest BCUT2D eigenvalue weighted by atomic mass is 16.7. The predicted molar refractivity (Wildman–Crippen MR) is 330 cm³/mol. The average molecular weight is 1170 g/mol. The van der Waals surface area contributed by atoms with Gasteiger partial charge >= 0.3 is 23.9 Å². The molecular weight excluding hydrogens is 1040 g/mol. The van der Waals surface area contributed by atoms with E-state index in [-0.39, 0.29) is 97.1 Å². The van der Waals surface area contributed by atoms with E-state index in [0.29, 0.717) is 10.8 Å². The second-order valence-electron chi connectivity index (χ2n) is 33.5. The Morgan fingerprint density at radius 2 is 0.867 bits per heavy atom. The normalized spacial score (nSPS) is 35.6. The van der Waals surface area contributed by atoms with Crippen LogP contribution in [-0.2, 0) is 57.1 Å². The number of hydrogen-bond donors (Lipinski definition) is 0.